The van der Waals surface area contributed by atoms with Crippen LogP contribution in [0.1, 0.15) is 39.5 Å². The van der Waals surface area contributed by atoms with Gasteiger partial charge in [-0.1, -0.05) is 13.3 Å². The second-order valence-electron chi connectivity index (χ2n) is 5.39. The van der Waals surface area contributed by atoms with Gasteiger partial charge in [0.25, 0.3) is 0 Å². The highest BCUT2D eigenvalue weighted by Crippen LogP contribution is 2.29. The molecule has 20 heavy (non-hydrogen) atoms. The van der Waals surface area contributed by atoms with Crippen molar-refractivity contribution in [3.05, 3.63) is 30.1 Å². The van der Waals surface area contributed by atoms with Gasteiger partial charge in [-0.05, 0) is 57.0 Å². The third-order valence-electron chi connectivity index (χ3n) is 4.03. The molecule has 1 fully saturated rings. The van der Waals surface area contributed by atoms with Crippen molar-refractivity contribution in [3.8, 4) is 0 Å². The molecular weight excluding hydrogens is 255 g/mol. The minimum absolute atomic E-state index is 0.117. The van der Waals surface area contributed by atoms with Crippen molar-refractivity contribution in [2.24, 2.45) is 0 Å². The molecule has 1 heterocycles. The summed E-state index contributed by atoms with van der Waals surface area (Å²) in [4.78, 5) is 14.7. The van der Waals surface area contributed by atoms with E-state index in [1.807, 2.05) is 6.92 Å². The number of nitrogens with zero attached hydrogens (tertiary/aromatic N) is 1. The Morgan fingerprint density at radius 3 is 2.55 bits per heavy atom. The van der Waals surface area contributed by atoms with Crippen molar-refractivity contribution in [1.29, 1.82) is 0 Å². The number of hydrogen-bond acceptors (Lipinski definition) is 2. The fraction of sp³-hybridized carbons (Fsp3) is 0.562. The van der Waals surface area contributed by atoms with Crippen LogP contribution < -0.4 is 10.2 Å². The summed E-state index contributed by atoms with van der Waals surface area (Å²) in [6.45, 7) is 5.55. The van der Waals surface area contributed by atoms with Gasteiger partial charge < -0.3 is 10.2 Å². The molecule has 2 rings (SSSR count). The number of likely N-dealkylation sites (N-methyl/N-ethyl adjacent to an activating group) is 1. The van der Waals surface area contributed by atoms with E-state index in [1.54, 1.807) is 17.0 Å². The quantitative estimate of drug-likeness (QED) is 0.897. The van der Waals surface area contributed by atoms with E-state index in [4.69, 9.17) is 0 Å². The summed E-state index contributed by atoms with van der Waals surface area (Å²) in [6, 6.07) is 6.15. The molecule has 1 saturated heterocycles. The van der Waals surface area contributed by atoms with Crippen molar-refractivity contribution >= 4 is 11.6 Å². The highest BCUT2D eigenvalue weighted by molar-refractivity contribution is 6.00. The van der Waals surface area contributed by atoms with E-state index in [0.717, 1.165) is 37.9 Å². The highest BCUT2D eigenvalue weighted by atomic mass is 19.1. The minimum atomic E-state index is -0.431. The monoisotopic (exact) mass is 278 g/mol. The second-order valence-corrected chi connectivity index (χ2v) is 5.39. The van der Waals surface area contributed by atoms with Crippen molar-refractivity contribution in [2.45, 2.75) is 45.1 Å². The predicted molar refractivity (Wildman–Crippen MR) is 79.3 cm³/mol. The number of carbonyl (C=O) groups is 1. The second kappa shape index (κ2) is 6.35. The molecule has 0 radical (unpaired) electrons. The van der Waals surface area contributed by atoms with Crippen LogP contribution in [0.4, 0.5) is 10.1 Å². The van der Waals surface area contributed by atoms with E-state index in [2.05, 4.69) is 12.2 Å². The Morgan fingerprint density at radius 1 is 1.35 bits per heavy atom. The van der Waals surface area contributed by atoms with Crippen LogP contribution in [-0.2, 0) is 4.79 Å². The van der Waals surface area contributed by atoms with Crippen molar-refractivity contribution in [3.63, 3.8) is 0 Å². The van der Waals surface area contributed by atoms with Crippen molar-refractivity contribution in [1.82, 2.24) is 5.32 Å². The summed E-state index contributed by atoms with van der Waals surface area (Å²) in [5, 5.41) is 3.40. The molecule has 1 aliphatic heterocycles. The Labute approximate surface area is 120 Å². The molecule has 0 aliphatic carbocycles. The molecule has 3 nitrogen and oxygen atoms in total. The summed E-state index contributed by atoms with van der Waals surface area (Å²) < 4.78 is 13.0. The lowest BCUT2D eigenvalue weighted by molar-refractivity contribution is -0.124. The number of hydrogen-bond donors (Lipinski definition) is 1. The third kappa shape index (κ3) is 2.85. The Hall–Kier alpha value is -1.42. The third-order valence-corrected chi connectivity index (χ3v) is 4.03. The highest BCUT2D eigenvalue weighted by Gasteiger charge is 2.42. The van der Waals surface area contributed by atoms with Gasteiger partial charge in [-0.25, -0.2) is 4.39 Å². The number of benzene rings is 1. The Morgan fingerprint density at radius 2 is 2.05 bits per heavy atom. The van der Waals surface area contributed by atoms with E-state index in [-0.39, 0.29) is 11.7 Å². The van der Waals surface area contributed by atoms with Gasteiger partial charge in [-0.15, -0.1) is 0 Å². The van der Waals surface area contributed by atoms with Crippen LogP contribution in [0.25, 0.3) is 0 Å². The Kier molecular flexibility index (Phi) is 4.76. The van der Waals surface area contributed by atoms with E-state index in [9.17, 15) is 9.18 Å². The smallest absolute Gasteiger partial charge is 0.247 e. The lowest BCUT2D eigenvalue weighted by atomic mass is 9.90. The average Bonchev–Trinajstić information content (AvgIpc) is 2.92. The zero-order valence-electron chi connectivity index (χ0n) is 12.3. The standard InChI is InChI=1S/C16H23FN2O/c1-3-10-16(11-5-12-18-16)15(20)19(4-2)14-8-6-13(17)7-9-14/h6-9,18H,3-5,10-12H2,1-2H3. The number of rotatable bonds is 5. The molecule has 1 aromatic rings. The molecule has 4 heteroatoms. The zero-order valence-corrected chi connectivity index (χ0v) is 12.3. The van der Waals surface area contributed by atoms with Crippen LogP contribution in [-0.4, -0.2) is 24.5 Å². The first-order valence-electron chi connectivity index (χ1n) is 7.45. The topological polar surface area (TPSA) is 32.3 Å². The van der Waals surface area contributed by atoms with Gasteiger partial charge in [-0.2, -0.15) is 0 Å². The maximum Gasteiger partial charge on any atom is 0.247 e. The number of nitrogens with one attached hydrogen (secondary N) is 1. The van der Waals surface area contributed by atoms with E-state index in [1.165, 1.54) is 12.1 Å². The number of amides is 1. The average molecular weight is 278 g/mol. The predicted octanol–water partition coefficient (Wildman–Crippen LogP) is 3.10. The largest absolute Gasteiger partial charge is 0.311 e. The van der Waals surface area contributed by atoms with Crippen LogP contribution in [0, 0.1) is 5.82 Å². The molecular formula is C16H23FN2O. The summed E-state index contributed by atoms with van der Waals surface area (Å²) in [5.74, 6) is -0.162. The summed E-state index contributed by atoms with van der Waals surface area (Å²) in [5.41, 5.74) is 0.335. The molecule has 1 unspecified atom stereocenters. The van der Waals surface area contributed by atoms with Gasteiger partial charge in [0, 0.05) is 12.2 Å². The van der Waals surface area contributed by atoms with Gasteiger partial charge in [-0.3, -0.25) is 4.79 Å². The molecule has 0 aromatic heterocycles. The van der Waals surface area contributed by atoms with Gasteiger partial charge in [0.2, 0.25) is 5.91 Å². The normalized spacial score (nSPS) is 21.9. The van der Waals surface area contributed by atoms with E-state index < -0.39 is 5.54 Å². The van der Waals surface area contributed by atoms with Gasteiger partial charge >= 0.3 is 0 Å². The first-order chi connectivity index (χ1) is 9.63. The summed E-state index contributed by atoms with van der Waals surface area (Å²) in [6.07, 6.45) is 3.74. The van der Waals surface area contributed by atoms with Gasteiger partial charge in [0.1, 0.15) is 5.82 Å². The molecule has 1 aliphatic rings. The van der Waals surface area contributed by atoms with E-state index in [0.29, 0.717) is 6.54 Å². The molecule has 0 bridgehead atoms. The zero-order chi connectivity index (χ0) is 14.6. The van der Waals surface area contributed by atoms with Gasteiger partial charge in [0.05, 0.1) is 5.54 Å². The van der Waals surface area contributed by atoms with Crippen molar-refractivity contribution in [2.75, 3.05) is 18.0 Å². The van der Waals surface area contributed by atoms with Crippen LogP contribution in [0.3, 0.4) is 0 Å². The maximum atomic E-state index is 13.0. The van der Waals surface area contributed by atoms with Crippen LogP contribution in [0.15, 0.2) is 24.3 Å². The molecule has 1 N–H and O–H groups in total. The van der Waals surface area contributed by atoms with E-state index >= 15 is 0 Å². The summed E-state index contributed by atoms with van der Waals surface area (Å²) in [7, 11) is 0. The minimum Gasteiger partial charge on any atom is -0.311 e. The Balaban J connectivity index is 2.25. The van der Waals surface area contributed by atoms with Crippen molar-refractivity contribution < 1.29 is 9.18 Å². The van der Waals surface area contributed by atoms with Crippen LogP contribution >= 0.6 is 0 Å². The lowest BCUT2D eigenvalue weighted by Crippen LogP contribution is -2.55. The molecule has 1 atom stereocenters. The van der Waals surface area contributed by atoms with Crippen LogP contribution in [0.2, 0.25) is 0 Å². The molecule has 110 valence electrons. The fourth-order valence-electron chi connectivity index (χ4n) is 3.06. The van der Waals surface area contributed by atoms with Crippen LogP contribution in [0.5, 0.6) is 0 Å². The SMILES string of the molecule is CCCC1(C(=O)N(CC)c2ccc(F)cc2)CCCN1. The first-order valence-corrected chi connectivity index (χ1v) is 7.45. The summed E-state index contributed by atoms with van der Waals surface area (Å²) >= 11 is 0. The molecule has 0 spiro atoms. The number of anilines is 1. The lowest BCUT2D eigenvalue weighted by Gasteiger charge is -2.34. The number of carbonyl (C=O) groups excluding carboxylic acids is 1. The van der Waals surface area contributed by atoms with Gasteiger partial charge in [0.15, 0.2) is 0 Å². The molecule has 0 saturated carbocycles. The Bertz CT molecular complexity index is 452. The molecule has 1 aromatic carbocycles. The molecule has 1 amide bonds. The maximum absolute atomic E-state index is 13.0. The fourth-order valence-corrected chi connectivity index (χ4v) is 3.06. The first kappa shape index (κ1) is 15.0. The number of halogens is 1.